The van der Waals surface area contributed by atoms with Crippen LogP contribution < -0.4 is 5.73 Å². The van der Waals surface area contributed by atoms with E-state index in [1.165, 1.54) is 17.9 Å². The van der Waals surface area contributed by atoms with Gasteiger partial charge in [0.2, 0.25) is 0 Å². The van der Waals surface area contributed by atoms with Crippen LogP contribution in [-0.2, 0) is 4.74 Å². The van der Waals surface area contributed by atoms with Gasteiger partial charge in [-0.3, -0.25) is 0 Å². The Morgan fingerprint density at radius 2 is 2.70 bits per heavy atom. The second-order valence-electron chi connectivity index (χ2n) is 1.84. The standard InChI is InChI=1S/C5H9N3OS/c1-9-2-4(6)5-7-3-8-10-5/h3-4H,2,6H2,1H3. The molecular weight excluding hydrogens is 150 g/mol. The van der Waals surface area contributed by atoms with Crippen molar-refractivity contribution >= 4 is 11.5 Å². The summed E-state index contributed by atoms with van der Waals surface area (Å²) in [5, 5.41) is 0.821. The third kappa shape index (κ3) is 1.73. The number of methoxy groups -OCH3 is 1. The van der Waals surface area contributed by atoms with Crippen molar-refractivity contribution in [2.75, 3.05) is 13.7 Å². The van der Waals surface area contributed by atoms with Crippen LogP contribution in [0, 0.1) is 0 Å². The quantitative estimate of drug-likeness (QED) is 0.683. The molecule has 1 rings (SSSR count). The maximum atomic E-state index is 5.63. The molecule has 56 valence electrons. The zero-order valence-corrected chi connectivity index (χ0v) is 6.47. The lowest BCUT2D eigenvalue weighted by atomic mass is 10.4. The van der Waals surface area contributed by atoms with Crippen LogP contribution in [0.4, 0.5) is 0 Å². The van der Waals surface area contributed by atoms with Gasteiger partial charge in [-0.2, -0.15) is 4.37 Å². The average molecular weight is 159 g/mol. The van der Waals surface area contributed by atoms with Crippen LogP contribution >= 0.6 is 11.5 Å². The molecule has 0 bridgehead atoms. The van der Waals surface area contributed by atoms with E-state index in [1.54, 1.807) is 7.11 Å². The Hall–Kier alpha value is -0.520. The lowest BCUT2D eigenvalue weighted by Crippen LogP contribution is -2.15. The van der Waals surface area contributed by atoms with Gasteiger partial charge in [-0.15, -0.1) is 0 Å². The van der Waals surface area contributed by atoms with Crippen LogP contribution in [0.2, 0.25) is 0 Å². The van der Waals surface area contributed by atoms with Crippen molar-refractivity contribution in [3.8, 4) is 0 Å². The molecule has 0 amide bonds. The summed E-state index contributed by atoms with van der Waals surface area (Å²) >= 11 is 1.30. The summed E-state index contributed by atoms with van der Waals surface area (Å²) in [6.07, 6.45) is 1.50. The molecule has 0 spiro atoms. The molecule has 0 aliphatic rings. The number of aromatic nitrogens is 2. The third-order valence-corrected chi connectivity index (χ3v) is 1.84. The molecule has 0 saturated heterocycles. The van der Waals surface area contributed by atoms with Gasteiger partial charge >= 0.3 is 0 Å². The van der Waals surface area contributed by atoms with Crippen molar-refractivity contribution in [3.63, 3.8) is 0 Å². The molecule has 2 N–H and O–H groups in total. The lowest BCUT2D eigenvalue weighted by Gasteiger charge is -2.03. The fraction of sp³-hybridized carbons (Fsp3) is 0.600. The van der Waals surface area contributed by atoms with Crippen LogP contribution in [0.25, 0.3) is 0 Å². The topological polar surface area (TPSA) is 61.0 Å². The smallest absolute Gasteiger partial charge is 0.132 e. The number of rotatable bonds is 3. The molecule has 1 aromatic rings. The zero-order chi connectivity index (χ0) is 7.40. The van der Waals surface area contributed by atoms with Gasteiger partial charge < -0.3 is 10.5 Å². The fourth-order valence-electron chi connectivity index (χ4n) is 0.596. The highest BCUT2D eigenvalue weighted by atomic mass is 32.1. The molecule has 0 radical (unpaired) electrons. The second-order valence-corrected chi connectivity index (χ2v) is 2.65. The van der Waals surface area contributed by atoms with Gasteiger partial charge in [-0.05, 0) is 11.5 Å². The summed E-state index contributed by atoms with van der Waals surface area (Å²) in [4.78, 5) is 3.94. The van der Waals surface area contributed by atoms with E-state index in [4.69, 9.17) is 10.5 Å². The summed E-state index contributed by atoms with van der Waals surface area (Å²) in [6, 6.07) is -0.127. The van der Waals surface area contributed by atoms with E-state index < -0.39 is 0 Å². The molecule has 1 atom stereocenters. The molecule has 0 fully saturated rings. The first-order chi connectivity index (χ1) is 4.84. The molecule has 0 saturated carbocycles. The minimum Gasteiger partial charge on any atom is -0.383 e. The Balaban J connectivity index is 2.50. The molecule has 1 heterocycles. The van der Waals surface area contributed by atoms with Crippen molar-refractivity contribution in [3.05, 3.63) is 11.3 Å². The Morgan fingerprint density at radius 3 is 3.20 bits per heavy atom. The molecule has 10 heavy (non-hydrogen) atoms. The van der Waals surface area contributed by atoms with Crippen LogP contribution in [0.3, 0.4) is 0 Å². The average Bonchev–Trinajstić information content (AvgIpc) is 2.38. The predicted octanol–water partition coefficient (Wildman–Crippen LogP) is 0.184. The van der Waals surface area contributed by atoms with E-state index in [9.17, 15) is 0 Å². The summed E-state index contributed by atoms with van der Waals surface area (Å²) in [7, 11) is 1.61. The Labute approximate surface area is 63.2 Å². The van der Waals surface area contributed by atoms with E-state index >= 15 is 0 Å². The van der Waals surface area contributed by atoms with E-state index in [2.05, 4.69) is 9.36 Å². The van der Waals surface area contributed by atoms with Crippen LogP contribution in [-0.4, -0.2) is 23.1 Å². The SMILES string of the molecule is COCC(N)c1ncns1. The molecule has 1 unspecified atom stereocenters. The Bertz CT molecular complexity index is 177. The summed E-state index contributed by atoms with van der Waals surface area (Å²) < 4.78 is 8.66. The predicted molar refractivity (Wildman–Crippen MR) is 38.7 cm³/mol. The summed E-state index contributed by atoms with van der Waals surface area (Å²) in [6.45, 7) is 0.495. The van der Waals surface area contributed by atoms with Crippen molar-refractivity contribution in [2.24, 2.45) is 5.73 Å². The first-order valence-corrected chi connectivity index (χ1v) is 3.63. The first-order valence-electron chi connectivity index (χ1n) is 2.85. The minimum absolute atomic E-state index is 0.127. The fourth-order valence-corrected chi connectivity index (χ4v) is 1.10. The highest BCUT2D eigenvalue weighted by Gasteiger charge is 2.07. The van der Waals surface area contributed by atoms with Gasteiger partial charge in [-0.1, -0.05) is 0 Å². The maximum absolute atomic E-state index is 5.63. The molecular formula is C5H9N3OS. The van der Waals surface area contributed by atoms with E-state index in [0.717, 1.165) is 5.01 Å². The zero-order valence-electron chi connectivity index (χ0n) is 5.65. The van der Waals surface area contributed by atoms with Crippen LogP contribution in [0.1, 0.15) is 11.0 Å². The summed E-state index contributed by atoms with van der Waals surface area (Å²) in [5.41, 5.74) is 5.63. The van der Waals surface area contributed by atoms with Gasteiger partial charge in [0.25, 0.3) is 0 Å². The van der Waals surface area contributed by atoms with Crippen molar-refractivity contribution in [1.29, 1.82) is 0 Å². The first kappa shape index (κ1) is 7.59. The van der Waals surface area contributed by atoms with Crippen molar-refractivity contribution in [2.45, 2.75) is 6.04 Å². The van der Waals surface area contributed by atoms with Crippen LogP contribution in [0.5, 0.6) is 0 Å². The number of hydrogen-bond donors (Lipinski definition) is 1. The highest BCUT2D eigenvalue weighted by Crippen LogP contribution is 2.09. The number of nitrogens with two attached hydrogens (primary N) is 1. The summed E-state index contributed by atoms with van der Waals surface area (Å²) in [5.74, 6) is 0. The number of ether oxygens (including phenoxy) is 1. The van der Waals surface area contributed by atoms with E-state index in [0.29, 0.717) is 6.61 Å². The second kappa shape index (κ2) is 3.60. The van der Waals surface area contributed by atoms with Crippen LogP contribution in [0.15, 0.2) is 6.33 Å². The Kier molecular flexibility index (Phi) is 2.73. The van der Waals surface area contributed by atoms with Gasteiger partial charge in [0.15, 0.2) is 0 Å². The van der Waals surface area contributed by atoms with Gasteiger partial charge in [0.05, 0.1) is 12.6 Å². The largest absolute Gasteiger partial charge is 0.383 e. The van der Waals surface area contributed by atoms with E-state index in [1.807, 2.05) is 0 Å². The molecule has 1 aromatic heterocycles. The molecule has 0 aliphatic heterocycles. The number of nitrogens with zero attached hydrogens (tertiary/aromatic N) is 2. The van der Waals surface area contributed by atoms with Gasteiger partial charge in [0.1, 0.15) is 11.3 Å². The molecule has 0 aromatic carbocycles. The maximum Gasteiger partial charge on any atom is 0.132 e. The highest BCUT2D eigenvalue weighted by molar-refractivity contribution is 7.05. The molecule has 5 heteroatoms. The van der Waals surface area contributed by atoms with E-state index in [-0.39, 0.29) is 6.04 Å². The third-order valence-electron chi connectivity index (χ3n) is 1.04. The van der Waals surface area contributed by atoms with Crippen molar-refractivity contribution in [1.82, 2.24) is 9.36 Å². The lowest BCUT2D eigenvalue weighted by molar-refractivity contribution is 0.181. The molecule has 4 nitrogen and oxygen atoms in total. The van der Waals surface area contributed by atoms with Crippen molar-refractivity contribution < 1.29 is 4.74 Å². The monoisotopic (exact) mass is 159 g/mol. The number of hydrogen-bond acceptors (Lipinski definition) is 5. The normalized spacial score (nSPS) is 13.4. The molecule has 0 aliphatic carbocycles. The Morgan fingerprint density at radius 1 is 1.90 bits per heavy atom. The van der Waals surface area contributed by atoms with Gasteiger partial charge in [-0.25, -0.2) is 4.98 Å². The van der Waals surface area contributed by atoms with Gasteiger partial charge in [0, 0.05) is 7.11 Å². The minimum atomic E-state index is -0.127.